The highest BCUT2D eigenvalue weighted by atomic mass is 32.1. The predicted octanol–water partition coefficient (Wildman–Crippen LogP) is 4.27. The van der Waals surface area contributed by atoms with E-state index in [1.54, 1.807) is 0 Å². The van der Waals surface area contributed by atoms with Crippen molar-refractivity contribution in [2.45, 2.75) is 32.2 Å². The molecule has 0 bridgehead atoms. The summed E-state index contributed by atoms with van der Waals surface area (Å²) in [4.78, 5) is 1.41. The van der Waals surface area contributed by atoms with Crippen LogP contribution in [0.25, 0.3) is 0 Å². The van der Waals surface area contributed by atoms with Crippen LogP contribution in [-0.4, -0.2) is 13.2 Å². The monoisotopic (exact) mass is 287 g/mol. The Morgan fingerprint density at radius 3 is 2.95 bits per heavy atom. The molecule has 0 saturated carbocycles. The number of fused-ring (bicyclic) bond motifs is 1. The average Bonchev–Trinajstić information content (AvgIpc) is 3.07. The maximum absolute atomic E-state index is 5.87. The fraction of sp³-hybridized carbons (Fsp3) is 0.412. The smallest absolute Gasteiger partial charge is 0.122 e. The molecule has 3 rings (SSSR count). The van der Waals surface area contributed by atoms with Crippen LogP contribution in [0.15, 0.2) is 35.7 Å². The molecule has 1 aliphatic rings. The van der Waals surface area contributed by atoms with Crippen LogP contribution in [0.3, 0.4) is 0 Å². The van der Waals surface area contributed by atoms with Gasteiger partial charge in [-0.1, -0.05) is 25.1 Å². The molecule has 0 saturated heterocycles. The molecule has 0 aliphatic carbocycles. The molecule has 0 spiro atoms. The average molecular weight is 287 g/mol. The molecule has 2 atom stereocenters. The van der Waals surface area contributed by atoms with Gasteiger partial charge in [0.2, 0.25) is 0 Å². The first-order valence-corrected chi connectivity index (χ1v) is 8.18. The van der Waals surface area contributed by atoms with E-state index in [1.165, 1.54) is 16.0 Å². The number of nitrogens with one attached hydrogen (secondary N) is 1. The summed E-state index contributed by atoms with van der Waals surface area (Å²) in [6.45, 7) is 6.24. The molecule has 20 heavy (non-hydrogen) atoms. The van der Waals surface area contributed by atoms with Crippen molar-refractivity contribution in [3.8, 4) is 5.75 Å². The highest BCUT2D eigenvalue weighted by Gasteiger charge is 2.32. The zero-order valence-electron chi connectivity index (χ0n) is 12.1. The van der Waals surface area contributed by atoms with Gasteiger partial charge in [-0.25, -0.2) is 0 Å². The van der Waals surface area contributed by atoms with Gasteiger partial charge in [0.1, 0.15) is 5.75 Å². The van der Waals surface area contributed by atoms with Gasteiger partial charge < -0.3 is 10.1 Å². The molecular formula is C17H21NOS. The van der Waals surface area contributed by atoms with Crippen LogP contribution in [-0.2, 0) is 0 Å². The minimum Gasteiger partial charge on any atom is -0.493 e. The standard InChI is InChI=1S/C17H21NOS/c1-3-9-18-17(13-8-10-20-12(13)2)15-11-19-16-7-5-4-6-14(15)16/h4-8,10,15,17-18H,3,9,11H2,1-2H3. The van der Waals surface area contributed by atoms with Gasteiger partial charge in [-0.15, -0.1) is 11.3 Å². The Balaban J connectivity index is 1.93. The molecule has 1 aromatic heterocycles. The zero-order chi connectivity index (χ0) is 13.9. The van der Waals surface area contributed by atoms with Gasteiger partial charge in [0.25, 0.3) is 0 Å². The number of thiophene rings is 1. The van der Waals surface area contributed by atoms with E-state index in [2.05, 4.69) is 48.8 Å². The maximum Gasteiger partial charge on any atom is 0.122 e. The topological polar surface area (TPSA) is 21.3 Å². The number of para-hydroxylation sites is 1. The summed E-state index contributed by atoms with van der Waals surface area (Å²) in [5.41, 5.74) is 2.76. The molecule has 0 radical (unpaired) electrons. The molecule has 1 N–H and O–H groups in total. The second kappa shape index (κ2) is 5.98. The van der Waals surface area contributed by atoms with E-state index >= 15 is 0 Å². The lowest BCUT2D eigenvalue weighted by Crippen LogP contribution is -2.28. The fourth-order valence-electron chi connectivity index (χ4n) is 2.95. The summed E-state index contributed by atoms with van der Waals surface area (Å²) in [6, 6.07) is 11.0. The van der Waals surface area contributed by atoms with Crippen LogP contribution in [0.4, 0.5) is 0 Å². The van der Waals surface area contributed by atoms with Gasteiger partial charge in [0.05, 0.1) is 6.61 Å². The third-order valence-corrected chi connectivity index (χ3v) is 4.85. The summed E-state index contributed by atoms with van der Waals surface area (Å²) >= 11 is 1.83. The number of rotatable bonds is 5. The Hall–Kier alpha value is -1.32. The van der Waals surface area contributed by atoms with E-state index in [-0.39, 0.29) is 0 Å². The summed E-state index contributed by atoms with van der Waals surface area (Å²) < 4.78 is 5.87. The Bertz CT molecular complexity index is 578. The number of ether oxygens (including phenoxy) is 1. The van der Waals surface area contributed by atoms with Crippen LogP contribution >= 0.6 is 11.3 Å². The second-order valence-corrected chi connectivity index (χ2v) is 6.44. The molecule has 1 aromatic carbocycles. The van der Waals surface area contributed by atoms with Crippen molar-refractivity contribution in [2.75, 3.05) is 13.2 Å². The van der Waals surface area contributed by atoms with E-state index in [0.717, 1.165) is 25.3 Å². The zero-order valence-corrected chi connectivity index (χ0v) is 12.9. The summed E-state index contributed by atoms with van der Waals surface area (Å²) in [7, 11) is 0. The SMILES string of the molecule is CCCNC(c1ccsc1C)C1COc2ccccc21. The van der Waals surface area contributed by atoms with E-state index in [0.29, 0.717) is 12.0 Å². The molecule has 3 heteroatoms. The molecular weight excluding hydrogens is 266 g/mol. The summed E-state index contributed by atoms with van der Waals surface area (Å²) in [6.07, 6.45) is 1.15. The van der Waals surface area contributed by atoms with Crippen molar-refractivity contribution in [2.24, 2.45) is 0 Å². The minimum atomic E-state index is 0.352. The lowest BCUT2D eigenvalue weighted by molar-refractivity contribution is 0.299. The fourth-order valence-corrected chi connectivity index (χ4v) is 3.70. The maximum atomic E-state index is 5.87. The van der Waals surface area contributed by atoms with E-state index in [1.807, 2.05) is 17.4 Å². The summed E-state index contributed by atoms with van der Waals surface area (Å²) in [5.74, 6) is 1.46. The molecule has 1 aliphatic heterocycles. The quantitative estimate of drug-likeness (QED) is 0.886. The lowest BCUT2D eigenvalue weighted by Gasteiger charge is -2.24. The summed E-state index contributed by atoms with van der Waals surface area (Å²) in [5, 5.41) is 5.91. The molecule has 2 aromatic rings. The van der Waals surface area contributed by atoms with Gasteiger partial charge in [-0.2, -0.15) is 0 Å². The van der Waals surface area contributed by atoms with Gasteiger partial charge in [0, 0.05) is 22.4 Å². The van der Waals surface area contributed by atoms with Crippen molar-refractivity contribution in [1.82, 2.24) is 5.32 Å². The Morgan fingerprint density at radius 2 is 2.20 bits per heavy atom. The van der Waals surface area contributed by atoms with Crippen molar-refractivity contribution in [1.29, 1.82) is 0 Å². The minimum absolute atomic E-state index is 0.352. The third kappa shape index (κ3) is 2.48. The van der Waals surface area contributed by atoms with E-state index in [4.69, 9.17) is 4.74 Å². The largest absolute Gasteiger partial charge is 0.493 e. The van der Waals surface area contributed by atoms with Gasteiger partial charge in [-0.3, -0.25) is 0 Å². The lowest BCUT2D eigenvalue weighted by atomic mass is 9.88. The molecule has 0 amide bonds. The Labute approximate surface area is 124 Å². The van der Waals surface area contributed by atoms with Crippen LogP contribution in [0.5, 0.6) is 5.75 Å². The molecule has 2 nitrogen and oxygen atoms in total. The molecule has 0 fully saturated rings. The van der Waals surface area contributed by atoms with Gasteiger partial charge >= 0.3 is 0 Å². The van der Waals surface area contributed by atoms with Crippen LogP contribution in [0.1, 0.15) is 41.3 Å². The highest BCUT2D eigenvalue weighted by molar-refractivity contribution is 7.10. The first kappa shape index (κ1) is 13.7. The normalized spacial score (nSPS) is 18.6. The van der Waals surface area contributed by atoms with Crippen LogP contribution in [0, 0.1) is 6.92 Å². The highest BCUT2D eigenvalue weighted by Crippen LogP contribution is 2.42. The number of hydrogen-bond acceptors (Lipinski definition) is 3. The van der Waals surface area contributed by atoms with Crippen molar-refractivity contribution < 1.29 is 4.74 Å². The van der Waals surface area contributed by atoms with Crippen molar-refractivity contribution >= 4 is 11.3 Å². The number of hydrogen-bond donors (Lipinski definition) is 1. The second-order valence-electron chi connectivity index (χ2n) is 5.32. The molecule has 2 unspecified atom stereocenters. The van der Waals surface area contributed by atoms with Crippen LogP contribution in [0.2, 0.25) is 0 Å². The van der Waals surface area contributed by atoms with Gasteiger partial charge in [-0.05, 0) is 43.0 Å². The van der Waals surface area contributed by atoms with Crippen molar-refractivity contribution in [3.05, 3.63) is 51.7 Å². The number of benzene rings is 1. The number of aryl methyl sites for hydroxylation is 1. The van der Waals surface area contributed by atoms with Crippen molar-refractivity contribution in [3.63, 3.8) is 0 Å². The van der Waals surface area contributed by atoms with Crippen LogP contribution < -0.4 is 10.1 Å². The van der Waals surface area contributed by atoms with Gasteiger partial charge in [0.15, 0.2) is 0 Å². The first-order chi connectivity index (χ1) is 9.81. The van der Waals surface area contributed by atoms with E-state index in [9.17, 15) is 0 Å². The Morgan fingerprint density at radius 1 is 1.35 bits per heavy atom. The molecule has 2 heterocycles. The van der Waals surface area contributed by atoms with E-state index < -0.39 is 0 Å². The third-order valence-electron chi connectivity index (χ3n) is 3.99. The first-order valence-electron chi connectivity index (χ1n) is 7.30. The Kier molecular flexibility index (Phi) is 4.08. The molecule has 106 valence electrons. The predicted molar refractivity (Wildman–Crippen MR) is 84.8 cm³/mol.